The molecule has 2 spiro atoms. The van der Waals surface area contributed by atoms with E-state index in [-0.39, 0.29) is 11.8 Å². The Morgan fingerprint density at radius 2 is 1.13 bits per heavy atom. The standard InChI is InChI=1S/2C12H19NO2/c2*14-11(15)10-5-9-2-1-8(10)6-12(9)3-4-13-7-12/h2*8-10,13H,1-7H2,(H,14,15). The van der Waals surface area contributed by atoms with Crippen molar-refractivity contribution >= 4 is 11.9 Å². The molecule has 6 heteroatoms. The van der Waals surface area contributed by atoms with Crippen LogP contribution in [0.5, 0.6) is 0 Å². The van der Waals surface area contributed by atoms with E-state index in [2.05, 4.69) is 10.6 Å². The lowest BCUT2D eigenvalue weighted by atomic mass is 9.52. The smallest absolute Gasteiger partial charge is 0.306 e. The van der Waals surface area contributed by atoms with Crippen LogP contribution in [0.4, 0.5) is 0 Å². The first-order chi connectivity index (χ1) is 14.4. The molecule has 0 amide bonds. The zero-order valence-corrected chi connectivity index (χ0v) is 18.1. The Morgan fingerprint density at radius 3 is 1.40 bits per heavy atom. The molecule has 8 fully saturated rings. The third-order valence-electron chi connectivity index (χ3n) is 10.2. The molecule has 6 aliphatic carbocycles. The third-order valence-corrected chi connectivity index (χ3v) is 10.2. The van der Waals surface area contributed by atoms with Gasteiger partial charge in [0.25, 0.3) is 0 Å². The highest BCUT2D eigenvalue weighted by Gasteiger charge is 2.54. The molecule has 8 rings (SSSR count). The number of carbonyl (C=O) groups is 2. The highest BCUT2D eigenvalue weighted by molar-refractivity contribution is 5.71. The van der Waals surface area contributed by atoms with Crippen LogP contribution in [0.1, 0.15) is 64.2 Å². The molecule has 0 radical (unpaired) electrons. The summed E-state index contributed by atoms with van der Waals surface area (Å²) in [5.74, 6) is 1.12. The van der Waals surface area contributed by atoms with Gasteiger partial charge in [-0.2, -0.15) is 0 Å². The summed E-state index contributed by atoms with van der Waals surface area (Å²) in [6, 6.07) is 0. The summed E-state index contributed by atoms with van der Waals surface area (Å²) in [4.78, 5) is 22.3. The maximum atomic E-state index is 11.1. The van der Waals surface area contributed by atoms with Crippen molar-refractivity contribution in [2.24, 2.45) is 46.3 Å². The molecule has 2 aliphatic heterocycles. The zero-order chi connectivity index (χ0) is 20.9. The number of fused-ring (bicyclic) bond motifs is 4. The minimum atomic E-state index is -0.550. The quantitative estimate of drug-likeness (QED) is 0.550. The van der Waals surface area contributed by atoms with E-state index < -0.39 is 11.9 Å². The Bertz CT molecular complexity index is 625. The Morgan fingerprint density at radius 1 is 0.700 bits per heavy atom. The van der Waals surface area contributed by atoms with Crippen LogP contribution in [-0.4, -0.2) is 48.3 Å². The van der Waals surface area contributed by atoms with Crippen molar-refractivity contribution in [3.63, 3.8) is 0 Å². The molecule has 0 aromatic heterocycles. The third kappa shape index (κ3) is 3.38. The van der Waals surface area contributed by atoms with Gasteiger partial charge in [-0.15, -0.1) is 0 Å². The summed E-state index contributed by atoms with van der Waals surface area (Å²) in [6.45, 7) is 4.56. The molecule has 6 saturated carbocycles. The minimum Gasteiger partial charge on any atom is -0.481 e. The van der Waals surface area contributed by atoms with Gasteiger partial charge < -0.3 is 20.8 Å². The van der Waals surface area contributed by atoms with Crippen molar-refractivity contribution in [1.29, 1.82) is 0 Å². The van der Waals surface area contributed by atoms with Crippen LogP contribution in [-0.2, 0) is 9.59 Å². The molecule has 8 atom stereocenters. The predicted molar refractivity (Wildman–Crippen MR) is 113 cm³/mol. The molecule has 2 saturated heterocycles. The van der Waals surface area contributed by atoms with Gasteiger partial charge in [0, 0.05) is 13.1 Å². The average molecular weight is 419 g/mol. The largest absolute Gasteiger partial charge is 0.481 e. The summed E-state index contributed by atoms with van der Waals surface area (Å²) in [5.41, 5.74) is 0.962. The Hall–Kier alpha value is -1.14. The predicted octanol–water partition coefficient (Wildman–Crippen LogP) is 2.97. The minimum absolute atomic E-state index is 0.0324. The maximum absolute atomic E-state index is 11.1. The number of nitrogens with one attached hydrogen (secondary N) is 2. The molecule has 8 unspecified atom stereocenters. The summed E-state index contributed by atoms with van der Waals surface area (Å²) < 4.78 is 0. The second kappa shape index (κ2) is 7.77. The van der Waals surface area contributed by atoms with Crippen LogP contribution in [0.15, 0.2) is 0 Å². The van der Waals surface area contributed by atoms with E-state index in [9.17, 15) is 19.8 Å². The van der Waals surface area contributed by atoms with Gasteiger partial charge in [-0.25, -0.2) is 0 Å². The van der Waals surface area contributed by atoms with Gasteiger partial charge in [-0.3, -0.25) is 9.59 Å². The van der Waals surface area contributed by atoms with E-state index in [4.69, 9.17) is 0 Å². The second-order valence-corrected chi connectivity index (χ2v) is 11.4. The van der Waals surface area contributed by atoms with Crippen LogP contribution in [0, 0.1) is 46.3 Å². The fraction of sp³-hybridized carbons (Fsp3) is 0.917. The van der Waals surface area contributed by atoms with Crippen LogP contribution in [0.2, 0.25) is 0 Å². The van der Waals surface area contributed by atoms with Crippen LogP contribution >= 0.6 is 0 Å². The van der Waals surface area contributed by atoms with E-state index >= 15 is 0 Å². The molecule has 2 heterocycles. The SMILES string of the molecule is O=C(O)C1CC2CCC1CC21CCNC1.O=C(O)C1CC2CCC1CC21CCNC1. The Kier molecular flexibility index (Phi) is 5.37. The summed E-state index contributed by atoms with van der Waals surface area (Å²) in [6.07, 6.45) is 11.6. The molecule has 8 aliphatic rings. The van der Waals surface area contributed by atoms with Crippen molar-refractivity contribution in [3.05, 3.63) is 0 Å². The van der Waals surface area contributed by atoms with Gasteiger partial charge in [0.05, 0.1) is 11.8 Å². The average Bonchev–Trinajstić information content (AvgIpc) is 3.39. The molecule has 0 aromatic rings. The van der Waals surface area contributed by atoms with Gasteiger partial charge in [0.15, 0.2) is 0 Å². The molecular formula is C24H38N2O4. The summed E-state index contributed by atoms with van der Waals surface area (Å²) >= 11 is 0. The maximum Gasteiger partial charge on any atom is 0.306 e. The first kappa shape index (κ1) is 20.7. The number of rotatable bonds is 2. The first-order valence-electron chi connectivity index (χ1n) is 12.3. The fourth-order valence-corrected chi connectivity index (χ4v) is 8.62. The Balaban J connectivity index is 0.000000128. The van der Waals surface area contributed by atoms with Gasteiger partial charge >= 0.3 is 11.9 Å². The van der Waals surface area contributed by atoms with E-state index in [1.54, 1.807) is 0 Å². The van der Waals surface area contributed by atoms with Crippen molar-refractivity contribution in [1.82, 2.24) is 10.6 Å². The fourth-order valence-electron chi connectivity index (χ4n) is 8.62. The molecule has 6 nitrogen and oxygen atoms in total. The van der Waals surface area contributed by atoms with Crippen LogP contribution < -0.4 is 10.6 Å². The van der Waals surface area contributed by atoms with Gasteiger partial charge in [-0.05, 0) is 112 Å². The normalized spacial score (nSPS) is 48.7. The van der Waals surface area contributed by atoms with E-state index in [0.29, 0.717) is 34.5 Å². The molecule has 4 N–H and O–H groups in total. The lowest BCUT2D eigenvalue weighted by molar-refractivity contribution is -0.152. The lowest BCUT2D eigenvalue weighted by Crippen LogP contribution is -2.48. The van der Waals surface area contributed by atoms with Gasteiger partial charge in [-0.1, -0.05) is 0 Å². The number of hydrogen-bond acceptors (Lipinski definition) is 4. The topological polar surface area (TPSA) is 98.7 Å². The number of hydrogen-bond donors (Lipinski definition) is 4. The van der Waals surface area contributed by atoms with E-state index in [1.807, 2.05) is 0 Å². The molecule has 0 aromatic carbocycles. The Labute approximate surface area is 179 Å². The van der Waals surface area contributed by atoms with Crippen LogP contribution in [0.25, 0.3) is 0 Å². The van der Waals surface area contributed by atoms with Crippen LogP contribution in [0.3, 0.4) is 0 Å². The van der Waals surface area contributed by atoms with E-state index in [0.717, 1.165) is 51.9 Å². The monoisotopic (exact) mass is 418 g/mol. The van der Waals surface area contributed by atoms with Gasteiger partial charge in [0.1, 0.15) is 0 Å². The summed E-state index contributed by atoms with van der Waals surface area (Å²) in [5, 5.41) is 25.3. The number of carboxylic acid groups (broad SMARTS) is 2. The van der Waals surface area contributed by atoms with E-state index in [1.165, 1.54) is 38.5 Å². The lowest BCUT2D eigenvalue weighted by Gasteiger charge is -2.52. The van der Waals surface area contributed by atoms with Gasteiger partial charge in [0.2, 0.25) is 0 Å². The zero-order valence-electron chi connectivity index (χ0n) is 18.1. The summed E-state index contributed by atoms with van der Waals surface area (Å²) in [7, 11) is 0. The van der Waals surface area contributed by atoms with Crippen molar-refractivity contribution in [3.8, 4) is 0 Å². The van der Waals surface area contributed by atoms with Crippen molar-refractivity contribution in [2.45, 2.75) is 64.2 Å². The molecule has 4 bridgehead atoms. The number of aliphatic carboxylic acids is 2. The highest BCUT2D eigenvalue weighted by Crippen LogP contribution is 2.58. The van der Waals surface area contributed by atoms with Crippen molar-refractivity contribution < 1.29 is 19.8 Å². The second-order valence-electron chi connectivity index (χ2n) is 11.4. The van der Waals surface area contributed by atoms with Crippen molar-refractivity contribution in [2.75, 3.05) is 26.2 Å². The molecule has 168 valence electrons. The molecule has 30 heavy (non-hydrogen) atoms. The highest BCUT2D eigenvalue weighted by atomic mass is 16.4. The molecular weight excluding hydrogens is 380 g/mol. The number of carboxylic acids is 2. The first-order valence-corrected chi connectivity index (χ1v) is 12.3.